The highest BCUT2D eigenvalue weighted by Crippen LogP contribution is 2.33. The molecular weight excluding hydrogens is 310 g/mol. The average Bonchev–Trinajstić information content (AvgIpc) is 2.96. The van der Waals surface area contributed by atoms with Gasteiger partial charge in [-0.3, -0.25) is 9.59 Å². The van der Waals surface area contributed by atoms with E-state index < -0.39 is 0 Å². The van der Waals surface area contributed by atoms with Crippen molar-refractivity contribution >= 4 is 27.5 Å². The predicted molar refractivity (Wildman–Crippen MR) is 91.0 cm³/mol. The number of hydrogen-bond donors (Lipinski definition) is 1. The number of nitrogens with one attached hydrogen (secondary N) is 1. The van der Waals surface area contributed by atoms with Crippen LogP contribution < -0.4 is 5.56 Å². The summed E-state index contributed by atoms with van der Waals surface area (Å²) < 4.78 is 0. The SMILES string of the molecule is Cc1sc2nc([C@H]3CC(=O)N(CC4CCC4)C3)[nH]c(=O)c2c1C. The lowest BCUT2D eigenvalue weighted by atomic mass is 9.85. The third-order valence-electron chi connectivity index (χ3n) is 5.36. The number of carbonyl (C=O) groups is 1. The smallest absolute Gasteiger partial charge is 0.259 e. The van der Waals surface area contributed by atoms with Crippen LogP contribution in [0.15, 0.2) is 4.79 Å². The van der Waals surface area contributed by atoms with E-state index in [2.05, 4.69) is 9.97 Å². The Kier molecular flexibility index (Phi) is 3.52. The van der Waals surface area contributed by atoms with Crippen LogP contribution in [0.4, 0.5) is 0 Å². The molecule has 1 aliphatic heterocycles. The Morgan fingerprint density at radius 2 is 2.09 bits per heavy atom. The minimum absolute atomic E-state index is 0.0161. The standard InChI is InChI=1S/C17H21N3O2S/c1-9-10(2)23-17-14(9)16(22)18-15(19-17)12-6-13(21)20(8-12)7-11-4-3-5-11/h11-12H,3-8H2,1-2H3,(H,18,19,22)/t12-/m0/s1. The number of fused-ring (bicyclic) bond motifs is 1. The molecule has 3 heterocycles. The molecule has 1 amide bonds. The zero-order chi connectivity index (χ0) is 16.1. The largest absolute Gasteiger partial charge is 0.342 e. The molecule has 2 aromatic rings. The van der Waals surface area contributed by atoms with Gasteiger partial charge in [-0.05, 0) is 38.2 Å². The summed E-state index contributed by atoms with van der Waals surface area (Å²) in [6.07, 6.45) is 4.23. The Balaban J connectivity index is 1.62. The Morgan fingerprint density at radius 1 is 1.30 bits per heavy atom. The van der Waals surface area contributed by atoms with Crippen molar-refractivity contribution in [2.45, 2.75) is 45.4 Å². The summed E-state index contributed by atoms with van der Waals surface area (Å²) in [4.78, 5) is 36.1. The van der Waals surface area contributed by atoms with Crippen molar-refractivity contribution in [1.82, 2.24) is 14.9 Å². The van der Waals surface area contributed by atoms with Gasteiger partial charge in [0, 0.05) is 30.3 Å². The van der Waals surface area contributed by atoms with Crippen molar-refractivity contribution in [2.75, 3.05) is 13.1 Å². The summed E-state index contributed by atoms with van der Waals surface area (Å²) in [5.41, 5.74) is 0.941. The molecule has 2 aromatic heterocycles. The quantitative estimate of drug-likeness (QED) is 0.940. The van der Waals surface area contributed by atoms with Gasteiger partial charge in [-0.1, -0.05) is 6.42 Å². The van der Waals surface area contributed by atoms with Gasteiger partial charge in [0.2, 0.25) is 5.91 Å². The van der Waals surface area contributed by atoms with Gasteiger partial charge in [0.15, 0.2) is 0 Å². The minimum Gasteiger partial charge on any atom is -0.342 e. The molecule has 0 spiro atoms. The van der Waals surface area contributed by atoms with Crippen LogP contribution >= 0.6 is 11.3 Å². The first kappa shape index (κ1) is 14.9. The molecule has 0 aromatic carbocycles. The molecular formula is C17H21N3O2S. The highest BCUT2D eigenvalue weighted by molar-refractivity contribution is 7.18. The number of aromatic nitrogens is 2. The van der Waals surface area contributed by atoms with Gasteiger partial charge in [0.1, 0.15) is 10.7 Å². The highest BCUT2D eigenvalue weighted by atomic mass is 32.1. The summed E-state index contributed by atoms with van der Waals surface area (Å²) in [6.45, 7) is 5.54. The van der Waals surface area contributed by atoms with E-state index in [1.807, 2.05) is 18.7 Å². The number of aromatic amines is 1. The molecule has 1 atom stereocenters. The van der Waals surface area contributed by atoms with Crippen LogP contribution in [0.3, 0.4) is 0 Å². The molecule has 1 aliphatic carbocycles. The predicted octanol–water partition coefficient (Wildman–Crippen LogP) is 2.72. The second kappa shape index (κ2) is 5.44. The van der Waals surface area contributed by atoms with E-state index in [4.69, 9.17) is 0 Å². The van der Waals surface area contributed by atoms with E-state index in [0.717, 1.165) is 21.8 Å². The first-order valence-corrected chi connectivity index (χ1v) is 9.12. The van der Waals surface area contributed by atoms with E-state index in [9.17, 15) is 9.59 Å². The van der Waals surface area contributed by atoms with E-state index in [1.165, 1.54) is 19.3 Å². The van der Waals surface area contributed by atoms with Crippen molar-refractivity contribution in [2.24, 2.45) is 5.92 Å². The van der Waals surface area contributed by atoms with Gasteiger partial charge >= 0.3 is 0 Å². The number of hydrogen-bond acceptors (Lipinski definition) is 4. The molecule has 1 saturated carbocycles. The Labute approximate surface area is 138 Å². The van der Waals surface area contributed by atoms with Crippen molar-refractivity contribution in [3.63, 3.8) is 0 Å². The Morgan fingerprint density at radius 3 is 2.78 bits per heavy atom. The molecule has 6 heteroatoms. The Hall–Kier alpha value is -1.69. The number of aryl methyl sites for hydroxylation is 2. The van der Waals surface area contributed by atoms with E-state index in [1.54, 1.807) is 11.3 Å². The maximum Gasteiger partial charge on any atom is 0.259 e. The van der Waals surface area contributed by atoms with Gasteiger partial charge in [-0.2, -0.15) is 0 Å². The molecule has 0 unspecified atom stereocenters. The second-order valence-corrected chi connectivity index (χ2v) is 8.11. The number of carbonyl (C=O) groups excluding carboxylic acids is 1. The number of likely N-dealkylation sites (tertiary alicyclic amines) is 1. The third kappa shape index (κ3) is 2.49. The lowest BCUT2D eigenvalue weighted by Crippen LogP contribution is -2.33. The van der Waals surface area contributed by atoms with Crippen LogP contribution in [0.1, 0.15) is 47.9 Å². The van der Waals surface area contributed by atoms with Crippen LogP contribution in [0.5, 0.6) is 0 Å². The normalized spacial score (nSPS) is 22.1. The lowest BCUT2D eigenvalue weighted by Gasteiger charge is -2.30. The summed E-state index contributed by atoms with van der Waals surface area (Å²) in [6, 6.07) is 0. The summed E-state index contributed by atoms with van der Waals surface area (Å²) >= 11 is 1.56. The number of thiophene rings is 1. The zero-order valence-electron chi connectivity index (χ0n) is 13.5. The fourth-order valence-electron chi connectivity index (χ4n) is 3.58. The molecule has 0 radical (unpaired) electrons. The van der Waals surface area contributed by atoms with Crippen LogP contribution in [0, 0.1) is 19.8 Å². The van der Waals surface area contributed by atoms with Crippen molar-refractivity contribution in [1.29, 1.82) is 0 Å². The average molecular weight is 331 g/mol. The molecule has 2 fully saturated rings. The minimum atomic E-state index is -0.0725. The van der Waals surface area contributed by atoms with Gasteiger partial charge in [-0.25, -0.2) is 4.98 Å². The number of rotatable bonds is 3. The van der Waals surface area contributed by atoms with Gasteiger partial charge in [0.05, 0.1) is 5.39 Å². The van der Waals surface area contributed by atoms with Crippen LogP contribution in [-0.4, -0.2) is 33.9 Å². The molecule has 23 heavy (non-hydrogen) atoms. The van der Waals surface area contributed by atoms with Gasteiger partial charge < -0.3 is 9.88 Å². The molecule has 1 N–H and O–H groups in total. The Bertz CT molecular complexity index is 834. The van der Waals surface area contributed by atoms with Crippen molar-refractivity contribution in [3.8, 4) is 0 Å². The maximum atomic E-state index is 12.4. The second-order valence-electron chi connectivity index (χ2n) is 6.91. The highest BCUT2D eigenvalue weighted by Gasteiger charge is 2.34. The third-order valence-corrected chi connectivity index (χ3v) is 6.46. The number of amides is 1. The molecule has 122 valence electrons. The van der Waals surface area contributed by atoms with E-state index >= 15 is 0 Å². The van der Waals surface area contributed by atoms with Crippen molar-refractivity contribution < 1.29 is 4.79 Å². The molecule has 2 aliphatic rings. The lowest BCUT2D eigenvalue weighted by molar-refractivity contribution is -0.128. The molecule has 5 nitrogen and oxygen atoms in total. The van der Waals surface area contributed by atoms with E-state index in [0.29, 0.717) is 30.1 Å². The molecule has 4 rings (SSSR count). The first-order valence-electron chi connectivity index (χ1n) is 8.30. The van der Waals surface area contributed by atoms with E-state index in [-0.39, 0.29) is 17.4 Å². The summed E-state index contributed by atoms with van der Waals surface area (Å²) in [5, 5.41) is 0.701. The topological polar surface area (TPSA) is 66.1 Å². The fraction of sp³-hybridized carbons (Fsp3) is 0.588. The van der Waals surface area contributed by atoms with Gasteiger partial charge in [-0.15, -0.1) is 11.3 Å². The monoisotopic (exact) mass is 331 g/mol. The fourth-order valence-corrected chi connectivity index (χ4v) is 4.62. The number of H-pyrrole nitrogens is 1. The van der Waals surface area contributed by atoms with Crippen LogP contribution in [0.2, 0.25) is 0 Å². The summed E-state index contributed by atoms with van der Waals surface area (Å²) in [7, 11) is 0. The first-order chi connectivity index (χ1) is 11.0. The molecule has 0 bridgehead atoms. The van der Waals surface area contributed by atoms with Crippen molar-refractivity contribution in [3.05, 3.63) is 26.6 Å². The zero-order valence-corrected chi connectivity index (χ0v) is 14.3. The molecule has 1 saturated heterocycles. The number of nitrogens with zero attached hydrogens (tertiary/aromatic N) is 2. The van der Waals surface area contributed by atoms with Crippen LogP contribution in [0.25, 0.3) is 10.2 Å². The maximum absolute atomic E-state index is 12.4. The van der Waals surface area contributed by atoms with Gasteiger partial charge in [0.25, 0.3) is 5.56 Å². The van der Waals surface area contributed by atoms with Crippen LogP contribution in [-0.2, 0) is 4.79 Å². The summed E-state index contributed by atoms with van der Waals surface area (Å²) in [5.74, 6) is 1.56.